The minimum atomic E-state index is 0.0180. The van der Waals surface area contributed by atoms with E-state index >= 15 is 0 Å². The number of hydrogen-bond donors (Lipinski definition) is 0. The Morgan fingerprint density at radius 2 is 1.90 bits per heavy atom. The zero-order valence-corrected chi connectivity index (χ0v) is 17.0. The molecule has 1 saturated heterocycles. The molecule has 0 radical (unpaired) electrons. The molecule has 0 bridgehead atoms. The van der Waals surface area contributed by atoms with Gasteiger partial charge >= 0.3 is 0 Å². The van der Waals surface area contributed by atoms with Crippen molar-refractivity contribution >= 4 is 23.5 Å². The van der Waals surface area contributed by atoms with Gasteiger partial charge in [-0.1, -0.05) is 42.1 Å². The van der Waals surface area contributed by atoms with Crippen LogP contribution < -0.4 is 9.64 Å². The van der Waals surface area contributed by atoms with E-state index in [0.717, 1.165) is 24.7 Å². The molecule has 3 aromatic rings. The number of rotatable bonds is 7. The van der Waals surface area contributed by atoms with Crippen LogP contribution in [0, 0.1) is 0 Å². The van der Waals surface area contributed by atoms with Gasteiger partial charge in [0.25, 0.3) is 0 Å². The maximum atomic E-state index is 12.7. The van der Waals surface area contributed by atoms with Crippen LogP contribution in [0.1, 0.15) is 10.4 Å². The number of aromatic nitrogens is 3. The van der Waals surface area contributed by atoms with Gasteiger partial charge in [-0.05, 0) is 24.3 Å². The molecule has 8 heteroatoms. The molecule has 0 spiro atoms. The summed E-state index contributed by atoms with van der Waals surface area (Å²) in [5.74, 6) is 1.73. The van der Waals surface area contributed by atoms with Crippen molar-refractivity contribution in [3.63, 3.8) is 0 Å². The number of carbonyl (C=O) groups is 1. The van der Waals surface area contributed by atoms with E-state index in [1.807, 2.05) is 47.0 Å². The predicted octanol–water partition coefficient (Wildman–Crippen LogP) is 3.09. The number of carbonyl (C=O) groups excluding carboxylic acids is 1. The van der Waals surface area contributed by atoms with Crippen molar-refractivity contribution in [2.24, 2.45) is 0 Å². The van der Waals surface area contributed by atoms with Gasteiger partial charge in [-0.15, -0.1) is 10.2 Å². The van der Waals surface area contributed by atoms with Gasteiger partial charge in [0.05, 0.1) is 31.8 Å². The van der Waals surface area contributed by atoms with Crippen molar-refractivity contribution in [1.29, 1.82) is 0 Å². The van der Waals surface area contributed by atoms with Gasteiger partial charge in [0.1, 0.15) is 5.75 Å². The average Bonchev–Trinajstić information content (AvgIpc) is 3.22. The van der Waals surface area contributed by atoms with Gasteiger partial charge in [-0.3, -0.25) is 9.36 Å². The number of Topliss-reactive ketones (excluding diaryl/α,β-unsaturated/α-hetero) is 1. The van der Waals surface area contributed by atoms with Gasteiger partial charge in [-0.25, -0.2) is 0 Å². The lowest BCUT2D eigenvalue weighted by molar-refractivity contribution is 0.102. The fourth-order valence-corrected chi connectivity index (χ4v) is 3.98. The largest absolute Gasteiger partial charge is 0.497 e. The first-order chi connectivity index (χ1) is 14.3. The summed E-state index contributed by atoms with van der Waals surface area (Å²) in [6.45, 7) is 2.85. The third-order valence-corrected chi connectivity index (χ3v) is 5.58. The summed E-state index contributed by atoms with van der Waals surface area (Å²) >= 11 is 1.38. The molecule has 29 heavy (non-hydrogen) atoms. The van der Waals surface area contributed by atoms with E-state index in [0.29, 0.717) is 29.7 Å². The molecule has 2 aromatic carbocycles. The predicted molar refractivity (Wildman–Crippen MR) is 112 cm³/mol. The number of benzene rings is 2. The monoisotopic (exact) mass is 410 g/mol. The minimum Gasteiger partial charge on any atom is -0.497 e. The normalized spacial score (nSPS) is 14.0. The Morgan fingerprint density at radius 1 is 1.10 bits per heavy atom. The lowest BCUT2D eigenvalue weighted by Crippen LogP contribution is -2.37. The highest BCUT2D eigenvalue weighted by Crippen LogP contribution is 2.28. The highest BCUT2D eigenvalue weighted by molar-refractivity contribution is 7.99. The second-order valence-electron chi connectivity index (χ2n) is 6.50. The summed E-state index contributed by atoms with van der Waals surface area (Å²) in [5.41, 5.74) is 1.59. The molecule has 1 aromatic heterocycles. The second kappa shape index (κ2) is 9.11. The smallest absolute Gasteiger partial charge is 0.232 e. The Bertz CT molecular complexity index is 971. The minimum absolute atomic E-state index is 0.0180. The molecule has 4 rings (SSSR count). The number of nitrogens with zero attached hydrogens (tertiary/aromatic N) is 4. The standard InChI is InChI=1S/C21H22N4O3S/c1-27-18-9-5-6-16(14-18)19(26)15-29-21-23-22-20(24-10-12-28-13-11-24)25(21)17-7-3-2-4-8-17/h2-9,14H,10-13,15H2,1H3. The highest BCUT2D eigenvalue weighted by atomic mass is 32.2. The number of ether oxygens (including phenoxy) is 2. The number of anilines is 1. The lowest BCUT2D eigenvalue weighted by Gasteiger charge is -2.27. The fourth-order valence-electron chi connectivity index (χ4n) is 3.14. The molecule has 0 amide bonds. The van der Waals surface area contributed by atoms with Crippen LogP contribution >= 0.6 is 11.8 Å². The molecule has 2 heterocycles. The van der Waals surface area contributed by atoms with Gasteiger partial charge in [0.15, 0.2) is 10.9 Å². The first-order valence-electron chi connectivity index (χ1n) is 9.40. The van der Waals surface area contributed by atoms with E-state index in [4.69, 9.17) is 9.47 Å². The van der Waals surface area contributed by atoms with E-state index in [1.165, 1.54) is 11.8 Å². The summed E-state index contributed by atoms with van der Waals surface area (Å²) < 4.78 is 12.7. The third-order valence-electron chi connectivity index (χ3n) is 4.65. The zero-order valence-electron chi connectivity index (χ0n) is 16.2. The highest BCUT2D eigenvalue weighted by Gasteiger charge is 2.22. The maximum absolute atomic E-state index is 12.7. The number of para-hydroxylation sites is 1. The fraction of sp³-hybridized carbons (Fsp3) is 0.286. The summed E-state index contributed by atoms with van der Waals surface area (Å²) in [6.07, 6.45) is 0. The molecule has 1 aliphatic rings. The molecule has 0 unspecified atom stereocenters. The van der Waals surface area contributed by atoms with Gasteiger partial charge < -0.3 is 14.4 Å². The molecular formula is C21H22N4O3S. The molecule has 0 aliphatic carbocycles. The van der Waals surface area contributed by atoms with Crippen LogP contribution in [0.15, 0.2) is 59.8 Å². The molecular weight excluding hydrogens is 388 g/mol. The van der Waals surface area contributed by atoms with Crippen molar-refractivity contribution < 1.29 is 14.3 Å². The van der Waals surface area contributed by atoms with Crippen LogP contribution in [0.4, 0.5) is 5.95 Å². The van der Waals surface area contributed by atoms with E-state index < -0.39 is 0 Å². The van der Waals surface area contributed by atoms with Crippen molar-refractivity contribution in [3.8, 4) is 11.4 Å². The molecule has 0 N–H and O–H groups in total. The SMILES string of the molecule is COc1cccc(C(=O)CSc2nnc(N3CCOCC3)n2-c2ccccc2)c1. The molecule has 7 nitrogen and oxygen atoms in total. The van der Waals surface area contributed by atoms with E-state index in [1.54, 1.807) is 19.2 Å². The quantitative estimate of drug-likeness (QED) is 0.438. The van der Waals surface area contributed by atoms with Gasteiger partial charge in [0, 0.05) is 18.7 Å². The topological polar surface area (TPSA) is 69.5 Å². The van der Waals surface area contributed by atoms with Crippen LogP contribution in [0.2, 0.25) is 0 Å². The molecule has 0 saturated carbocycles. The first kappa shape index (κ1) is 19.5. The van der Waals surface area contributed by atoms with Gasteiger partial charge in [0.2, 0.25) is 5.95 Å². The van der Waals surface area contributed by atoms with Crippen molar-refractivity contribution in [1.82, 2.24) is 14.8 Å². The molecule has 1 fully saturated rings. The summed E-state index contributed by atoms with van der Waals surface area (Å²) in [4.78, 5) is 14.8. The van der Waals surface area contributed by atoms with Crippen molar-refractivity contribution in [3.05, 3.63) is 60.2 Å². The van der Waals surface area contributed by atoms with Crippen LogP contribution in [-0.2, 0) is 4.74 Å². The lowest BCUT2D eigenvalue weighted by atomic mass is 10.1. The maximum Gasteiger partial charge on any atom is 0.232 e. The Labute approximate surface area is 173 Å². The van der Waals surface area contributed by atoms with E-state index in [-0.39, 0.29) is 11.5 Å². The zero-order chi connectivity index (χ0) is 20.1. The van der Waals surface area contributed by atoms with Gasteiger partial charge in [-0.2, -0.15) is 0 Å². The number of thioether (sulfide) groups is 1. The summed E-state index contributed by atoms with van der Waals surface area (Å²) in [6, 6.07) is 17.2. The summed E-state index contributed by atoms with van der Waals surface area (Å²) in [7, 11) is 1.59. The number of morpholine rings is 1. The van der Waals surface area contributed by atoms with Crippen molar-refractivity contribution in [2.45, 2.75) is 5.16 Å². The van der Waals surface area contributed by atoms with E-state index in [9.17, 15) is 4.79 Å². The van der Waals surface area contributed by atoms with Crippen LogP contribution in [0.3, 0.4) is 0 Å². The number of ketones is 1. The Morgan fingerprint density at radius 3 is 2.66 bits per heavy atom. The molecule has 1 aliphatic heterocycles. The van der Waals surface area contributed by atoms with Crippen LogP contribution in [0.5, 0.6) is 5.75 Å². The van der Waals surface area contributed by atoms with Crippen LogP contribution in [-0.4, -0.2) is 59.7 Å². The van der Waals surface area contributed by atoms with E-state index in [2.05, 4.69) is 15.1 Å². The summed E-state index contributed by atoms with van der Waals surface area (Å²) in [5, 5.41) is 9.50. The molecule has 0 atom stereocenters. The first-order valence-corrected chi connectivity index (χ1v) is 10.4. The number of hydrogen-bond acceptors (Lipinski definition) is 7. The third kappa shape index (κ3) is 4.44. The second-order valence-corrected chi connectivity index (χ2v) is 7.44. The van der Waals surface area contributed by atoms with Crippen LogP contribution in [0.25, 0.3) is 5.69 Å². The number of methoxy groups -OCH3 is 1. The Kier molecular flexibility index (Phi) is 6.12. The average molecular weight is 410 g/mol. The molecule has 150 valence electrons. The Hall–Kier alpha value is -2.84. The Balaban J connectivity index is 1.58. The van der Waals surface area contributed by atoms with Crippen molar-refractivity contribution in [2.75, 3.05) is 44.1 Å².